The monoisotopic (exact) mass is 359 g/mol. The number of fused-ring (bicyclic) bond motifs is 2. The van der Waals surface area contributed by atoms with Crippen LogP contribution < -0.4 is 10.1 Å². The lowest BCUT2D eigenvalue weighted by atomic mass is 9.95. The zero-order valence-electron chi connectivity index (χ0n) is 13.1. The second-order valence-corrected chi connectivity index (χ2v) is 7.77. The maximum atomic E-state index is 12.7. The van der Waals surface area contributed by atoms with Gasteiger partial charge in [0.1, 0.15) is 12.4 Å². The molecule has 0 fully saturated rings. The molecule has 0 radical (unpaired) electrons. The lowest BCUT2D eigenvalue weighted by molar-refractivity contribution is -0.127. The first-order valence-corrected chi connectivity index (χ1v) is 9.50. The van der Waals surface area contributed by atoms with Crippen LogP contribution in [-0.4, -0.2) is 18.3 Å². The second-order valence-electron chi connectivity index (χ2n) is 6.20. The number of hydrogen-bond donors (Lipinski definition) is 1. The Morgan fingerprint density at radius 3 is 3.04 bits per heavy atom. The highest BCUT2D eigenvalue weighted by Crippen LogP contribution is 2.38. The molecule has 4 rings (SSSR count). The van der Waals surface area contributed by atoms with E-state index in [4.69, 9.17) is 16.3 Å². The molecule has 24 heavy (non-hydrogen) atoms. The molecule has 0 spiro atoms. The fourth-order valence-corrected chi connectivity index (χ4v) is 4.59. The van der Waals surface area contributed by atoms with Crippen molar-refractivity contribution in [3.63, 3.8) is 0 Å². The summed E-state index contributed by atoms with van der Waals surface area (Å²) in [4.78, 5) is 13.9. The topological polar surface area (TPSA) is 38.3 Å². The highest BCUT2D eigenvalue weighted by Gasteiger charge is 2.29. The molecule has 0 unspecified atom stereocenters. The lowest BCUT2D eigenvalue weighted by Crippen LogP contribution is -2.40. The van der Waals surface area contributed by atoms with Crippen LogP contribution in [0.2, 0.25) is 5.02 Å². The summed E-state index contributed by atoms with van der Waals surface area (Å²) in [7, 11) is 0. The summed E-state index contributed by atoms with van der Waals surface area (Å²) in [6.07, 6.45) is 1.65. The molecule has 0 saturated carbocycles. The number of hydrogen-bond acceptors (Lipinski definition) is 3. The molecule has 2 aliphatic heterocycles. The van der Waals surface area contributed by atoms with E-state index < -0.39 is 0 Å². The molecule has 1 amide bonds. The number of carbonyl (C=O) groups is 1. The molecule has 0 bridgehead atoms. The molecule has 124 valence electrons. The highest BCUT2D eigenvalue weighted by atomic mass is 35.5. The maximum Gasteiger partial charge on any atom is 0.227 e. The number of nitrogens with one attached hydrogen (secondary N) is 1. The standard InChI is InChI=1S/C19H18ClNO2S/c20-14-5-6-18-15(10-14)16(7-8-24-18)21-19(22)13-9-12-3-1-2-4-17(12)23-11-13/h1-6,10,13,16H,7-9,11H2,(H,21,22)/t13-,16-/m0/s1. The van der Waals surface area contributed by atoms with E-state index in [2.05, 4.69) is 5.32 Å². The van der Waals surface area contributed by atoms with Crippen LogP contribution in [0.1, 0.15) is 23.6 Å². The zero-order chi connectivity index (χ0) is 16.5. The van der Waals surface area contributed by atoms with Crippen molar-refractivity contribution in [2.75, 3.05) is 12.4 Å². The molecule has 0 saturated heterocycles. The molecule has 0 aromatic heterocycles. The minimum atomic E-state index is -0.142. The van der Waals surface area contributed by atoms with E-state index in [0.29, 0.717) is 11.6 Å². The molecule has 1 N–H and O–H groups in total. The van der Waals surface area contributed by atoms with Gasteiger partial charge in [-0.1, -0.05) is 29.8 Å². The largest absolute Gasteiger partial charge is 0.492 e. The Balaban J connectivity index is 1.49. The van der Waals surface area contributed by atoms with Crippen molar-refractivity contribution in [3.05, 3.63) is 58.6 Å². The molecule has 0 aliphatic carbocycles. The van der Waals surface area contributed by atoms with Crippen molar-refractivity contribution in [3.8, 4) is 5.75 Å². The number of thioether (sulfide) groups is 1. The Labute approximate surface area is 150 Å². The van der Waals surface area contributed by atoms with Crippen molar-refractivity contribution >= 4 is 29.3 Å². The van der Waals surface area contributed by atoms with Crippen LogP contribution in [0.25, 0.3) is 0 Å². The number of rotatable bonds is 2. The Morgan fingerprint density at radius 1 is 1.25 bits per heavy atom. The van der Waals surface area contributed by atoms with Gasteiger partial charge in [-0.2, -0.15) is 0 Å². The number of carbonyl (C=O) groups excluding carboxylic acids is 1. The van der Waals surface area contributed by atoms with Gasteiger partial charge in [0.15, 0.2) is 0 Å². The Hall–Kier alpha value is -1.65. The predicted octanol–water partition coefficient (Wildman–Crippen LogP) is 4.24. The third-order valence-electron chi connectivity index (χ3n) is 4.58. The van der Waals surface area contributed by atoms with E-state index in [0.717, 1.165) is 35.5 Å². The van der Waals surface area contributed by atoms with Crippen LogP contribution in [0.15, 0.2) is 47.4 Å². The summed E-state index contributed by atoms with van der Waals surface area (Å²) in [6.45, 7) is 0.437. The van der Waals surface area contributed by atoms with Gasteiger partial charge in [-0.15, -0.1) is 11.8 Å². The molecular weight excluding hydrogens is 342 g/mol. The molecule has 2 aliphatic rings. The molecule has 2 aromatic rings. The number of benzene rings is 2. The van der Waals surface area contributed by atoms with Crippen LogP contribution in [0.3, 0.4) is 0 Å². The summed E-state index contributed by atoms with van der Waals surface area (Å²) in [5.41, 5.74) is 2.23. The van der Waals surface area contributed by atoms with Gasteiger partial charge in [-0.05, 0) is 48.2 Å². The molecular formula is C19H18ClNO2S. The van der Waals surface area contributed by atoms with Gasteiger partial charge in [0.25, 0.3) is 0 Å². The first kappa shape index (κ1) is 15.9. The normalized spacial score (nSPS) is 22.0. The van der Waals surface area contributed by atoms with Gasteiger partial charge in [0.2, 0.25) is 5.91 Å². The third-order valence-corrected chi connectivity index (χ3v) is 5.94. The van der Waals surface area contributed by atoms with Gasteiger partial charge in [-0.3, -0.25) is 4.79 Å². The van der Waals surface area contributed by atoms with E-state index in [1.807, 2.05) is 54.2 Å². The Kier molecular flexibility index (Phi) is 4.42. The number of halogens is 1. The van der Waals surface area contributed by atoms with E-state index >= 15 is 0 Å². The predicted molar refractivity (Wildman–Crippen MR) is 96.8 cm³/mol. The lowest BCUT2D eigenvalue weighted by Gasteiger charge is -2.29. The number of para-hydroxylation sites is 1. The molecule has 3 nitrogen and oxygen atoms in total. The van der Waals surface area contributed by atoms with E-state index in [9.17, 15) is 4.79 Å². The average Bonchev–Trinajstić information content (AvgIpc) is 2.62. The zero-order valence-corrected chi connectivity index (χ0v) is 14.7. The highest BCUT2D eigenvalue weighted by molar-refractivity contribution is 7.99. The van der Waals surface area contributed by atoms with Crippen molar-refractivity contribution in [2.45, 2.75) is 23.8 Å². The van der Waals surface area contributed by atoms with Crippen LogP contribution in [-0.2, 0) is 11.2 Å². The van der Waals surface area contributed by atoms with Crippen LogP contribution in [0.5, 0.6) is 5.75 Å². The SMILES string of the molecule is O=C(N[C@H]1CCSc2ccc(Cl)cc21)[C@@H]1COc2ccccc2C1. The summed E-state index contributed by atoms with van der Waals surface area (Å²) in [5.74, 6) is 1.82. The van der Waals surface area contributed by atoms with E-state index in [-0.39, 0.29) is 17.9 Å². The number of ether oxygens (including phenoxy) is 1. The van der Waals surface area contributed by atoms with Crippen molar-refractivity contribution in [1.29, 1.82) is 0 Å². The fourth-order valence-electron chi connectivity index (χ4n) is 3.30. The smallest absolute Gasteiger partial charge is 0.227 e. The maximum absolute atomic E-state index is 12.7. The summed E-state index contributed by atoms with van der Waals surface area (Å²) >= 11 is 7.96. The van der Waals surface area contributed by atoms with Gasteiger partial charge < -0.3 is 10.1 Å². The van der Waals surface area contributed by atoms with Crippen LogP contribution in [0, 0.1) is 5.92 Å². The van der Waals surface area contributed by atoms with Crippen molar-refractivity contribution < 1.29 is 9.53 Å². The number of amides is 1. The van der Waals surface area contributed by atoms with Gasteiger partial charge >= 0.3 is 0 Å². The molecule has 2 aromatic carbocycles. The molecule has 5 heteroatoms. The van der Waals surface area contributed by atoms with Gasteiger partial charge in [0, 0.05) is 15.7 Å². The van der Waals surface area contributed by atoms with Gasteiger partial charge in [0.05, 0.1) is 12.0 Å². The summed E-state index contributed by atoms with van der Waals surface area (Å²) in [5, 5.41) is 3.93. The Morgan fingerprint density at radius 2 is 2.12 bits per heavy atom. The third kappa shape index (κ3) is 3.13. The Bertz CT molecular complexity index is 780. The van der Waals surface area contributed by atoms with Crippen LogP contribution in [0.4, 0.5) is 0 Å². The van der Waals surface area contributed by atoms with Gasteiger partial charge in [-0.25, -0.2) is 0 Å². The molecule has 2 heterocycles. The van der Waals surface area contributed by atoms with Crippen molar-refractivity contribution in [2.24, 2.45) is 5.92 Å². The van der Waals surface area contributed by atoms with E-state index in [1.54, 1.807) is 0 Å². The summed E-state index contributed by atoms with van der Waals surface area (Å²) < 4.78 is 5.75. The first-order valence-electron chi connectivity index (χ1n) is 8.14. The minimum Gasteiger partial charge on any atom is -0.492 e. The first-order chi connectivity index (χ1) is 11.7. The van der Waals surface area contributed by atoms with E-state index in [1.165, 1.54) is 4.90 Å². The average molecular weight is 360 g/mol. The summed E-state index contributed by atoms with van der Waals surface area (Å²) in [6, 6.07) is 13.9. The van der Waals surface area contributed by atoms with Crippen LogP contribution >= 0.6 is 23.4 Å². The second kappa shape index (κ2) is 6.69. The quantitative estimate of drug-likeness (QED) is 0.871. The van der Waals surface area contributed by atoms with Crippen molar-refractivity contribution in [1.82, 2.24) is 5.32 Å². The minimum absolute atomic E-state index is 0.0321. The molecule has 2 atom stereocenters. The fraction of sp³-hybridized carbons (Fsp3) is 0.316.